The number of aliphatic hydroxyl groups excluding tert-OH is 1. The lowest BCUT2D eigenvalue weighted by molar-refractivity contribution is 0.0919. The monoisotopic (exact) mass is 466 g/mol. The average molecular weight is 466 g/mol. The average Bonchev–Trinajstić information content (AvgIpc) is 3.48. The third-order valence-electron chi connectivity index (χ3n) is 6.58. The van der Waals surface area contributed by atoms with Gasteiger partial charge in [0.2, 0.25) is 0 Å². The molecule has 0 radical (unpaired) electrons. The minimum Gasteiger partial charge on any atom is -0.494 e. The van der Waals surface area contributed by atoms with Crippen molar-refractivity contribution >= 4 is 49.4 Å². The number of aromatic amines is 2. The van der Waals surface area contributed by atoms with Gasteiger partial charge in [0.1, 0.15) is 17.2 Å². The van der Waals surface area contributed by atoms with Gasteiger partial charge in [-0.1, -0.05) is 36.4 Å². The van der Waals surface area contributed by atoms with Crippen molar-refractivity contribution in [1.29, 1.82) is 0 Å². The van der Waals surface area contributed by atoms with Gasteiger partial charge in [-0.3, -0.25) is 9.78 Å². The number of aromatic nitrogens is 4. The lowest BCUT2D eigenvalue weighted by atomic mass is 9.91. The minimum atomic E-state index is -0.832. The van der Waals surface area contributed by atoms with Crippen LogP contribution >= 0.6 is 0 Å². The maximum atomic E-state index is 13.9. The predicted molar refractivity (Wildman–Crippen MR) is 134 cm³/mol. The second-order valence-corrected chi connectivity index (χ2v) is 8.35. The summed E-state index contributed by atoms with van der Waals surface area (Å²) in [6.07, 6.45) is 4.94. The van der Waals surface area contributed by atoms with Crippen molar-refractivity contribution in [3.63, 3.8) is 0 Å². The largest absolute Gasteiger partial charge is 0.494 e. The third-order valence-corrected chi connectivity index (χ3v) is 6.58. The molecule has 0 aliphatic carbocycles. The van der Waals surface area contributed by atoms with Gasteiger partial charge in [0, 0.05) is 16.3 Å². The van der Waals surface area contributed by atoms with Crippen LogP contribution in [0.3, 0.4) is 0 Å². The molecule has 1 atom stereocenters. The molecule has 2 aromatic carbocycles. The molecule has 6 rings (SSSR count). The van der Waals surface area contributed by atoms with Gasteiger partial charge in [-0.15, -0.1) is 0 Å². The molecule has 4 aromatic heterocycles. The SMILES string of the molecule is COc1cncc2[nH]c3c([C@@H](CO)C(=O)c4ncc(OC)c5c4[nH]c4ccccc45)cccc3c12. The number of carbonyl (C=O) groups is 1. The van der Waals surface area contributed by atoms with Gasteiger partial charge in [-0.25, -0.2) is 4.98 Å². The smallest absolute Gasteiger partial charge is 0.193 e. The van der Waals surface area contributed by atoms with Gasteiger partial charge < -0.3 is 24.5 Å². The fraction of sp³-hybridized carbons (Fsp3) is 0.148. The highest BCUT2D eigenvalue weighted by molar-refractivity contribution is 6.18. The Hall–Kier alpha value is -4.43. The van der Waals surface area contributed by atoms with Gasteiger partial charge in [0.25, 0.3) is 0 Å². The number of pyridine rings is 2. The van der Waals surface area contributed by atoms with Gasteiger partial charge in [-0.05, 0) is 11.6 Å². The number of nitrogens with zero attached hydrogens (tertiary/aromatic N) is 2. The molecule has 0 amide bonds. The van der Waals surface area contributed by atoms with Crippen LogP contribution in [-0.4, -0.2) is 51.7 Å². The topological polar surface area (TPSA) is 113 Å². The zero-order valence-corrected chi connectivity index (χ0v) is 19.1. The summed E-state index contributed by atoms with van der Waals surface area (Å²) in [7, 11) is 3.18. The summed E-state index contributed by atoms with van der Waals surface area (Å²) in [5.74, 6) is 0.0884. The van der Waals surface area contributed by atoms with Crippen LogP contribution in [-0.2, 0) is 0 Å². The number of benzene rings is 2. The number of methoxy groups -OCH3 is 2. The highest BCUT2D eigenvalue weighted by Gasteiger charge is 2.29. The number of ether oxygens (including phenoxy) is 2. The summed E-state index contributed by atoms with van der Waals surface area (Å²) in [5, 5.41) is 13.9. The summed E-state index contributed by atoms with van der Waals surface area (Å²) in [6.45, 7) is -0.377. The molecule has 3 N–H and O–H groups in total. The molecular formula is C27H22N4O4. The molecule has 4 heterocycles. The van der Waals surface area contributed by atoms with Crippen LogP contribution < -0.4 is 9.47 Å². The van der Waals surface area contributed by atoms with Crippen LogP contribution in [0, 0.1) is 0 Å². The fourth-order valence-corrected chi connectivity index (χ4v) is 4.97. The van der Waals surface area contributed by atoms with E-state index in [9.17, 15) is 9.90 Å². The zero-order chi connectivity index (χ0) is 24.1. The summed E-state index contributed by atoms with van der Waals surface area (Å²) < 4.78 is 11.1. The number of fused-ring (bicyclic) bond motifs is 6. The Balaban J connectivity index is 1.56. The second-order valence-electron chi connectivity index (χ2n) is 8.35. The molecule has 0 bridgehead atoms. The van der Waals surface area contributed by atoms with Crippen molar-refractivity contribution in [2.45, 2.75) is 5.92 Å². The van der Waals surface area contributed by atoms with Crippen LogP contribution in [0.5, 0.6) is 11.5 Å². The molecule has 174 valence electrons. The van der Waals surface area contributed by atoms with Crippen LogP contribution in [0.15, 0.2) is 61.1 Å². The molecule has 0 spiro atoms. The fourth-order valence-electron chi connectivity index (χ4n) is 4.97. The Morgan fingerprint density at radius 2 is 1.63 bits per heavy atom. The van der Waals surface area contributed by atoms with Gasteiger partial charge in [0.15, 0.2) is 5.78 Å². The molecule has 0 aliphatic rings. The van der Waals surface area contributed by atoms with Crippen molar-refractivity contribution in [3.8, 4) is 11.5 Å². The number of Topliss-reactive ketones (excluding diaryl/α,β-unsaturated/α-hetero) is 1. The number of ketones is 1. The highest BCUT2D eigenvalue weighted by atomic mass is 16.5. The van der Waals surface area contributed by atoms with E-state index in [1.54, 1.807) is 32.8 Å². The van der Waals surface area contributed by atoms with E-state index in [-0.39, 0.29) is 18.1 Å². The normalized spacial score (nSPS) is 12.5. The maximum absolute atomic E-state index is 13.9. The van der Waals surface area contributed by atoms with E-state index in [1.165, 1.54) is 0 Å². The molecule has 0 fully saturated rings. The number of nitrogens with one attached hydrogen (secondary N) is 2. The lowest BCUT2D eigenvalue weighted by Crippen LogP contribution is -2.19. The first-order chi connectivity index (χ1) is 17.2. The highest BCUT2D eigenvalue weighted by Crippen LogP contribution is 2.38. The van der Waals surface area contributed by atoms with Crippen molar-refractivity contribution in [1.82, 2.24) is 19.9 Å². The number of H-pyrrole nitrogens is 2. The van der Waals surface area contributed by atoms with E-state index in [4.69, 9.17) is 9.47 Å². The van der Waals surface area contributed by atoms with Crippen molar-refractivity contribution in [3.05, 3.63) is 72.3 Å². The number of hydrogen-bond donors (Lipinski definition) is 3. The Morgan fingerprint density at radius 3 is 2.43 bits per heavy atom. The Labute approximate surface area is 199 Å². The Morgan fingerprint density at radius 1 is 0.886 bits per heavy atom. The molecule has 0 saturated carbocycles. The van der Waals surface area contributed by atoms with E-state index >= 15 is 0 Å². The predicted octanol–water partition coefficient (Wildman–Crippen LogP) is 4.72. The van der Waals surface area contributed by atoms with Crippen LogP contribution in [0.4, 0.5) is 0 Å². The number of carbonyl (C=O) groups excluding carboxylic acids is 1. The molecule has 8 heteroatoms. The summed E-state index contributed by atoms with van der Waals surface area (Å²) in [6, 6.07) is 13.5. The zero-order valence-electron chi connectivity index (χ0n) is 19.1. The second kappa shape index (κ2) is 8.11. The van der Waals surface area contributed by atoms with Crippen molar-refractivity contribution in [2.75, 3.05) is 20.8 Å². The molecule has 0 saturated heterocycles. The first kappa shape index (κ1) is 21.1. The van der Waals surface area contributed by atoms with Gasteiger partial charge >= 0.3 is 0 Å². The van der Waals surface area contributed by atoms with Crippen molar-refractivity contribution < 1.29 is 19.4 Å². The molecule has 8 nitrogen and oxygen atoms in total. The molecule has 0 unspecified atom stereocenters. The van der Waals surface area contributed by atoms with E-state index in [0.717, 1.165) is 38.1 Å². The maximum Gasteiger partial charge on any atom is 0.193 e. The molecule has 35 heavy (non-hydrogen) atoms. The standard InChI is InChI=1S/C27H22N4O4/c1-34-20-11-28-10-19-22(20)16-8-5-7-14(24(16)31-19)17(13-32)27(33)26-25-23(21(35-2)12-29-26)15-6-3-4-9-18(15)30-25/h3-12,17,30-32H,13H2,1-2H3/t17-/m1/s1. The van der Waals surface area contributed by atoms with E-state index in [2.05, 4.69) is 19.9 Å². The third kappa shape index (κ3) is 3.07. The van der Waals surface area contributed by atoms with Gasteiger partial charge in [0.05, 0.1) is 72.7 Å². The lowest BCUT2D eigenvalue weighted by Gasteiger charge is -2.15. The molecule has 6 aromatic rings. The van der Waals surface area contributed by atoms with E-state index < -0.39 is 5.92 Å². The van der Waals surface area contributed by atoms with Crippen LogP contribution in [0.2, 0.25) is 0 Å². The number of hydrogen-bond acceptors (Lipinski definition) is 6. The van der Waals surface area contributed by atoms with Crippen LogP contribution in [0.25, 0.3) is 43.6 Å². The van der Waals surface area contributed by atoms with Gasteiger partial charge in [-0.2, -0.15) is 0 Å². The molecule has 0 aliphatic heterocycles. The summed E-state index contributed by atoms with van der Waals surface area (Å²) >= 11 is 0. The number of rotatable bonds is 6. The minimum absolute atomic E-state index is 0.253. The molecular weight excluding hydrogens is 444 g/mol. The summed E-state index contributed by atoms with van der Waals surface area (Å²) in [4.78, 5) is 29.3. The Bertz CT molecular complexity index is 1750. The first-order valence-electron chi connectivity index (χ1n) is 11.2. The Kier molecular flexibility index (Phi) is 4.89. The number of para-hydroxylation sites is 2. The van der Waals surface area contributed by atoms with Crippen LogP contribution in [0.1, 0.15) is 22.0 Å². The van der Waals surface area contributed by atoms with E-state index in [0.29, 0.717) is 22.6 Å². The van der Waals surface area contributed by atoms with Crippen molar-refractivity contribution in [2.24, 2.45) is 0 Å². The first-order valence-corrected chi connectivity index (χ1v) is 11.2. The van der Waals surface area contributed by atoms with E-state index in [1.807, 2.05) is 42.5 Å². The number of aliphatic hydroxyl groups is 1. The quantitative estimate of drug-likeness (QED) is 0.306. The summed E-state index contributed by atoms with van der Waals surface area (Å²) in [5.41, 5.74) is 3.93.